The number of pyridine rings is 3. The van der Waals surface area contributed by atoms with Gasteiger partial charge in [0.15, 0.2) is 17.1 Å². The molecule has 0 saturated carbocycles. The van der Waals surface area contributed by atoms with Gasteiger partial charge in [0.1, 0.15) is 17.3 Å². The third-order valence-corrected chi connectivity index (χ3v) is 4.82. The number of nitrogens with one attached hydrogen (secondary N) is 3. The van der Waals surface area contributed by atoms with Crippen molar-refractivity contribution in [2.75, 3.05) is 5.32 Å². The number of hydrogen-bond donors (Lipinski definition) is 3. The maximum absolute atomic E-state index is 11.7. The van der Waals surface area contributed by atoms with E-state index < -0.39 is 0 Å². The van der Waals surface area contributed by atoms with Gasteiger partial charge in [-0.2, -0.15) is 10.4 Å². The Balaban J connectivity index is 1.59. The quantitative estimate of drug-likeness (QED) is 0.413. The fourth-order valence-electron chi connectivity index (χ4n) is 3.27. The monoisotopic (exact) mass is 409 g/mol. The van der Waals surface area contributed by atoms with E-state index in [1.165, 1.54) is 0 Å². The number of fused-ring (bicyclic) bond motifs is 2. The largest absolute Gasteiger partial charge is 0.325 e. The van der Waals surface area contributed by atoms with Gasteiger partial charge in [0.2, 0.25) is 5.91 Å². The predicted octanol–water partition coefficient (Wildman–Crippen LogP) is 3.18. The third-order valence-electron chi connectivity index (χ3n) is 4.82. The Morgan fingerprint density at radius 3 is 2.87 bits per heavy atom. The van der Waals surface area contributed by atoms with Crippen LogP contribution in [0.15, 0.2) is 43.0 Å². The molecule has 3 N–H and O–H groups in total. The van der Waals surface area contributed by atoms with E-state index in [4.69, 9.17) is 0 Å². The summed E-state index contributed by atoms with van der Waals surface area (Å²) in [6, 6.07) is 7.50. The van der Waals surface area contributed by atoms with Gasteiger partial charge < -0.3 is 10.3 Å². The minimum Gasteiger partial charge on any atom is -0.325 e. The molecule has 0 radical (unpaired) electrons. The van der Waals surface area contributed by atoms with Crippen molar-refractivity contribution in [3.8, 4) is 28.7 Å². The molecule has 0 aliphatic heterocycles. The Labute approximate surface area is 175 Å². The topological polar surface area (TPSA) is 149 Å². The van der Waals surface area contributed by atoms with Crippen LogP contribution >= 0.6 is 0 Å². The molecular weight excluding hydrogens is 394 g/mol. The first-order chi connectivity index (χ1) is 15.2. The molecule has 0 fully saturated rings. The molecule has 0 bridgehead atoms. The molecule has 0 saturated heterocycles. The summed E-state index contributed by atoms with van der Waals surface area (Å²) in [4.78, 5) is 32.2. The van der Waals surface area contributed by atoms with Crippen LogP contribution in [0.2, 0.25) is 0 Å². The Morgan fingerprint density at radius 1 is 1.16 bits per heavy atom. The molecule has 150 valence electrons. The Kier molecular flexibility index (Phi) is 4.33. The molecule has 10 nitrogen and oxygen atoms in total. The van der Waals surface area contributed by atoms with Crippen molar-refractivity contribution in [2.45, 2.75) is 13.3 Å². The van der Waals surface area contributed by atoms with Crippen LogP contribution in [0.5, 0.6) is 0 Å². The molecule has 5 rings (SSSR count). The number of rotatable bonds is 4. The zero-order chi connectivity index (χ0) is 21.4. The van der Waals surface area contributed by atoms with E-state index in [1.807, 2.05) is 12.1 Å². The zero-order valence-electron chi connectivity index (χ0n) is 16.3. The van der Waals surface area contributed by atoms with Crippen LogP contribution in [0, 0.1) is 11.3 Å². The fourth-order valence-corrected chi connectivity index (χ4v) is 3.27. The summed E-state index contributed by atoms with van der Waals surface area (Å²) in [5.74, 6) is 0.400. The van der Waals surface area contributed by atoms with Crippen LogP contribution in [0.3, 0.4) is 0 Å². The second kappa shape index (κ2) is 7.31. The first kappa shape index (κ1) is 18.4. The first-order valence-electron chi connectivity index (χ1n) is 9.51. The average molecular weight is 409 g/mol. The van der Waals surface area contributed by atoms with Gasteiger partial charge in [-0.1, -0.05) is 6.92 Å². The highest BCUT2D eigenvalue weighted by Crippen LogP contribution is 2.29. The van der Waals surface area contributed by atoms with Gasteiger partial charge in [-0.3, -0.25) is 14.9 Å². The van der Waals surface area contributed by atoms with Crippen LogP contribution in [0.1, 0.15) is 18.9 Å². The predicted molar refractivity (Wildman–Crippen MR) is 114 cm³/mol. The average Bonchev–Trinajstić information content (AvgIpc) is 3.42. The molecule has 0 aliphatic rings. The van der Waals surface area contributed by atoms with Crippen molar-refractivity contribution in [1.82, 2.24) is 35.1 Å². The lowest BCUT2D eigenvalue weighted by molar-refractivity contribution is -0.115. The summed E-state index contributed by atoms with van der Waals surface area (Å²) in [5, 5.41) is 20.1. The minimum absolute atomic E-state index is 0.0834. The third kappa shape index (κ3) is 3.24. The highest BCUT2D eigenvalue weighted by molar-refractivity contribution is 5.94. The van der Waals surface area contributed by atoms with Gasteiger partial charge in [-0.25, -0.2) is 15.0 Å². The van der Waals surface area contributed by atoms with Crippen molar-refractivity contribution in [3.63, 3.8) is 0 Å². The number of aromatic nitrogens is 7. The number of aromatic amines is 2. The van der Waals surface area contributed by atoms with Gasteiger partial charge in [0, 0.05) is 36.1 Å². The number of hydrogen-bond acceptors (Lipinski definition) is 7. The lowest BCUT2D eigenvalue weighted by atomic mass is 10.1. The Morgan fingerprint density at radius 2 is 2.03 bits per heavy atom. The first-order valence-corrected chi connectivity index (χ1v) is 9.51. The standard InChI is InChI=1S/C21H15N9O/c1-2-16(31)26-14-5-12(8-23-10-14)13-6-15-18(29-30-19(15)25-9-13)21-27-17-11(7-22)3-4-24-20(17)28-21/h3-6,8-10H,2H2,1H3,(H,26,31)(H,24,27,28)(H,25,29,30). The smallest absolute Gasteiger partial charge is 0.224 e. The van der Waals surface area contributed by atoms with E-state index in [1.54, 1.807) is 37.8 Å². The second-order valence-corrected chi connectivity index (χ2v) is 6.81. The van der Waals surface area contributed by atoms with E-state index in [2.05, 4.69) is 46.5 Å². The van der Waals surface area contributed by atoms with Crippen LogP contribution < -0.4 is 5.32 Å². The van der Waals surface area contributed by atoms with E-state index >= 15 is 0 Å². The number of nitrogens with zero attached hydrogens (tertiary/aromatic N) is 6. The molecule has 5 aromatic heterocycles. The zero-order valence-corrected chi connectivity index (χ0v) is 16.3. The summed E-state index contributed by atoms with van der Waals surface area (Å²) >= 11 is 0. The molecule has 5 aromatic rings. The van der Waals surface area contributed by atoms with Crippen LogP contribution in [-0.4, -0.2) is 41.0 Å². The number of imidazole rings is 1. The molecule has 31 heavy (non-hydrogen) atoms. The summed E-state index contributed by atoms with van der Waals surface area (Å²) in [5.41, 5.74) is 4.82. The molecule has 10 heteroatoms. The minimum atomic E-state index is -0.0834. The van der Waals surface area contributed by atoms with Gasteiger partial charge in [0.25, 0.3) is 0 Å². The molecule has 0 unspecified atom stereocenters. The molecular formula is C21H15N9O. The van der Waals surface area contributed by atoms with E-state index in [9.17, 15) is 10.1 Å². The molecule has 5 heterocycles. The van der Waals surface area contributed by atoms with Crippen molar-refractivity contribution >= 4 is 33.8 Å². The van der Waals surface area contributed by atoms with Crippen molar-refractivity contribution in [3.05, 3.63) is 48.5 Å². The van der Waals surface area contributed by atoms with Crippen molar-refractivity contribution in [1.29, 1.82) is 5.26 Å². The maximum atomic E-state index is 11.7. The summed E-state index contributed by atoms with van der Waals surface area (Å²) in [7, 11) is 0. The van der Waals surface area contributed by atoms with Crippen molar-refractivity contribution in [2.24, 2.45) is 0 Å². The molecule has 0 atom stereocenters. The summed E-state index contributed by atoms with van der Waals surface area (Å²) in [6.45, 7) is 1.79. The van der Waals surface area contributed by atoms with Gasteiger partial charge in [-0.05, 0) is 18.2 Å². The maximum Gasteiger partial charge on any atom is 0.224 e. The number of amides is 1. The number of anilines is 1. The number of carbonyl (C=O) groups excluding carboxylic acids is 1. The normalized spacial score (nSPS) is 11.0. The Hall–Kier alpha value is -4.65. The van der Waals surface area contributed by atoms with Gasteiger partial charge in [0.05, 0.1) is 22.8 Å². The van der Waals surface area contributed by atoms with E-state index in [0.717, 1.165) is 16.5 Å². The highest BCUT2D eigenvalue weighted by atomic mass is 16.1. The lowest BCUT2D eigenvalue weighted by Crippen LogP contribution is -2.09. The molecule has 1 amide bonds. The van der Waals surface area contributed by atoms with E-state index in [0.29, 0.717) is 46.0 Å². The lowest BCUT2D eigenvalue weighted by Gasteiger charge is -2.06. The Bertz CT molecular complexity index is 1490. The number of carbonyl (C=O) groups is 1. The van der Waals surface area contributed by atoms with Gasteiger partial charge >= 0.3 is 0 Å². The van der Waals surface area contributed by atoms with E-state index in [-0.39, 0.29) is 5.91 Å². The van der Waals surface area contributed by atoms with Gasteiger partial charge in [-0.15, -0.1) is 0 Å². The molecule has 0 aromatic carbocycles. The molecule has 0 aliphatic carbocycles. The fraction of sp³-hybridized carbons (Fsp3) is 0.0952. The SMILES string of the molecule is CCC(=O)Nc1cncc(-c2cnc3[nH]nc(-c4nc5c(C#N)ccnc5[nH]4)c3c2)c1. The van der Waals surface area contributed by atoms with Crippen LogP contribution in [-0.2, 0) is 4.79 Å². The second-order valence-electron chi connectivity index (χ2n) is 6.81. The van der Waals surface area contributed by atoms with Crippen LogP contribution in [0.4, 0.5) is 5.69 Å². The number of nitriles is 1. The summed E-state index contributed by atoms with van der Waals surface area (Å²) < 4.78 is 0. The van der Waals surface area contributed by atoms with Crippen LogP contribution in [0.25, 0.3) is 44.8 Å². The highest BCUT2D eigenvalue weighted by Gasteiger charge is 2.16. The van der Waals surface area contributed by atoms with Crippen molar-refractivity contribution < 1.29 is 4.79 Å². The number of H-pyrrole nitrogens is 2. The molecule has 0 spiro atoms. The summed E-state index contributed by atoms with van der Waals surface area (Å²) in [6.07, 6.45) is 6.95.